The molecule has 20 heavy (non-hydrogen) atoms. The third kappa shape index (κ3) is 1.80. The molecule has 108 valence electrons. The van der Waals surface area contributed by atoms with E-state index in [4.69, 9.17) is 4.74 Å². The molecule has 3 aliphatic rings. The molecule has 1 aromatic rings. The number of aryl methyl sites for hydroxylation is 1. The zero-order valence-electron chi connectivity index (χ0n) is 12.0. The van der Waals surface area contributed by atoms with Crippen molar-refractivity contribution in [3.63, 3.8) is 0 Å². The maximum Gasteiger partial charge on any atom is 0.128 e. The highest BCUT2D eigenvalue weighted by molar-refractivity contribution is 5.47. The average molecular weight is 273 g/mol. The number of aliphatic hydroxyl groups is 1. The predicted molar refractivity (Wildman–Crippen MR) is 78.0 cm³/mol. The van der Waals surface area contributed by atoms with Crippen molar-refractivity contribution in [1.29, 1.82) is 0 Å². The monoisotopic (exact) mass is 273 g/mol. The Morgan fingerprint density at radius 2 is 2.15 bits per heavy atom. The summed E-state index contributed by atoms with van der Waals surface area (Å²) in [4.78, 5) is 2.48. The molecule has 2 atom stereocenters. The number of hydrogen-bond acceptors (Lipinski definition) is 3. The van der Waals surface area contributed by atoms with E-state index in [2.05, 4.69) is 23.1 Å². The molecule has 3 heteroatoms. The summed E-state index contributed by atoms with van der Waals surface area (Å²) in [6.45, 7) is 2.95. The summed E-state index contributed by atoms with van der Waals surface area (Å²) in [5, 5.41) is 11.4. The number of piperidine rings is 1. The second-order valence-corrected chi connectivity index (χ2v) is 6.47. The van der Waals surface area contributed by atoms with Crippen LogP contribution in [0.5, 0.6) is 5.75 Å². The highest BCUT2D eigenvalue weighted by Gasteiger charge is 2.49. The van der Waals surface area contributed by atoms with Gasteiger partial charge < -0.3 is 9.84 Å². The predicted octanol–water partition coefficient (Wildman–Crippen LogP) is 2.46. The molecule has 2 fully saturated rings. The lowest BCUT2D eigenvalue weighted by atomic mass is 9.81. The quantitative estimate of drug-likeness (QED) is 0.853. The average Bonchev–Trinajstić information content (AvgIpc) is 2.86. The van der Waals surface area contributed by atoms with Crippen molar-refractivity contribution in [2.45, 2.75) is 50.2 Å². The Bertz CT molecular complexity index is 516. The highest BCUT2D eigenvalue weighted by Crippen LogP contribution is 2.46. The zero-order valence-corrected chi connectivity index (χ0v) is 12.0. The second-order valence-electron chi connectivity index (χ2n) is 6.47. The fourth-order valence-corrected chi connectivity index (χ4v) is 4.32. The Kier molecular flexibility index (Phi) is 3.00. The van der Waals surface area contributed by atoms with Gasteiger partial charge in [-0.3, -0.25) is 4.90 Å². The van der Waals surface area contributed by atoms with E-state index >= 15 is 0 Å². The standard InChI is InChI=1S/C17H23NO2/c19-17(9-11-18-10-2-1-8-15(17)18)14-7-3-5-13-6-4-12-20-16(13)14/h3,5,7,15,19H,1-2,4,6,8-12H2. The van der Waals surface area contributed by atoms with Gasteiger partial charge in [-0.2, -0.15) is 0 Å². The van der Waals surface area contributed by atoms with E-state index in [9.17, 15) is 5.11 Å². The lowest BCUT2D eigenvalue weighted by Gasteiger charge is -2.39. The summed E-state index contributed by atoms with van der Waals surface area (Å²) in [7, 11) is 0. The normalized spacial score (nSPS) is 33.4. The molecule has 0 saturated carbocycles. The first kappa shape index (κ1) is 12.7. The summed E-state index contributed by atoms with van der Waals surface area (Å²) in [6, 6.07) is 6.61. The Balaban J connectivity index is 1.76. The summed E-state index contributed by atoms with van der Waals surface area (Å²) in [5.74, 6) is 0.980. The Morgan fingerprint density at radius 3 is 3.10 bits per heavy atom. The molecular formula is C17H23NO2. The molecule has 1 aromatic carbocycles. The van der Waals surface area contributed by atoms with Crippen molar-refractivity contribution in [2.24, 2.45) is 0 Å². The summed E-state index contributed by atoms with van der Waals surface area (Å²) < 4.78 is 5.93. The van der Waals surface area contributed by atoms with Gasteiger partial charge in [0.2, 0.25) is 0 Å². The number of ether oxygens (including phenoxy) is 1. The van der Waals surface area contributed by atoms with Gasteiger partial charge in [-0.25, -0.2) is 0 Å². The van der Waals surface area contributed by atoms with E-state index in [0.29, 0.717) is 0 Å². The topological polar surface area (TPSA) is 32.7 Å². The van der Waals surface area contributed by atoms with E-state index in [0.717, 1.165) is 56.7 Å². The molecule has 0 amide bonds. The summed E-state index contributed by atoms with van der Waals surface area (Å²) >= 11 is 0. The lowest BCUT2D eigenvalue weighted by molar-refractivity contribution is -0.0161. The van der Waals surface area contributed by atoms with Crippen molar-refractivity contribution >= 4 is 0 Å². The van der Waals surface area contributed by atoms with Gasteiger partial charge in [0.15, 0.2) is 0 Å². The number of fused-ring (bicyclic) bond motifs is 2. The molecule has 0 spiro atoms. The van der Waals surface area contributed by atoms with Gasteiger partial charge in [-0.1, -0.05) is 24.6 Å². The molecule has 1 N–H and O–H groups in total. The Morgan fingerprint density at radius 1 is 1.20 bits per heavy atom. The molecule has 3 nitrogen and oxygen atoms in total. The minimum atomic E-state index is -0.705. The lowest BCUT2D eigenvalue weighted by Crippen LogP contribution is -2.45. The van der Waals surface area contributed by atoms with E-state index in [1.54, 1.807) is 0 Å². The SMILES string of the molecule is OC1(c2cccc3c2OCCC3)CCN2CCCCC21. The number of rotatable bonds is 1. The van der Waals surface area contributed by atoms with Crippen molar-refractivity contribution in [3.8, 4) is 5.75 Å². The number of hydrogen-bond donors (Lipinski definition) is 1. The highest BCUT2D eigenvalue weighted by atomic mass is 16.5. The first-order valence-corrected chi connectivity index (χ1v) is 8.01. The molecule has 0 bridgehead atoms. The Hall–Kier alpha value is -1.06. The Labute approximate surface area is 120 Å². The molecule has 2 unspecified atom stereocenters. The van der Waals surface area contributed by atoms with Crippen molar-refractivity contribution in [3.05, 3.63) is 29.3 Å². The van der Waals surface area contributed by atoms with E-state index in [1.165, 1.54) is 18.4 Å². The van der Waals surface area contributed by atoms with Gasteiger partial charge in [-0.15, -0.1) is 0 Å². The van der Waals surface area contributed by atoms with Gasteiger partial charge >= 0.3 is 0 Å². The third-order valence-electron chi connectivity index (χ3n) is 5.34. The van der Waals surface area contributed by atoms with Crippen LogP contribution in [0.4, 0.5) is 0 Å². The molecular weight excluding hydrogens is 250 g/mol. The largest absolute Gasteiger partial charge is 0.493 e. The molecule has 2 saturated heterocycles. The number of nitrogens with zero attached hydrogens (tertiary/aromatic N) is 1. The smallest absolute Gasteiger partial charge is 0.128 e. The van der Waals surface area contributed by atoms with Crippen molar-refractivity contribution < 1.29 is 9.84 Å². The minimum Gasteiger partial charge on any atom is -0.493 e. The van der Waals surface area contributed by atoms with Gasteiger partial charge in [0.05, 0.1) is 6.61 Å². The fourth-order valence-electron chi connectivity index (χ4n) is 4.32. The minimum absolute atomic E-state index is 0.285. The maximum absolute atomic E-state index is 11.4. The van der Waals surface area contributed by atoms with Gasteiger partial charge in [0.1, 0.15) is 11.4 Å². The van der Waals surface area contributed by atoms with Gasteiger partial charge in [0, 0.05) is 18.2 Å². The number of para-hydroxylation sites is 1. The van der Waals surface area contributed by atoms with Crippen LogP contribution < -0.4 is 4.74 Å². The maximum atomic E-state index is 11.4. The van der Waals surface area contributed by atoms with Crippen molar-refractivity contribution in [1.82, 2.24) is 4.90 Å². The van der Waals surface area contributed by atoms with Gasteiger partial charge in [-0.05, 0) is 44.2 Å². The van der Waals surface area contributed by atoms with Crippen LogP contribution in [0.25, 0.3) is 0 Å². The molecule has 0 aliphatic carbocycles. The zero-order chi connectivity index (χ0) is 13.6. The van der Waals surface area contributed by atoms with Crippen LogP contribution >= 0.6 is 0 Å². The fraction of sp³-hybridized carbons (Fsp3) is 0.647. The van der Waals surface area contributed by atoms with Crippen LogP contribution in [0, 0.1) is 0 Å². The van der Waals surface area contributed by atoms with Crippen LogP contribution in [0.3, 0.4) is 0 Å². The first-order chi connectivity index (χ1) is 9.79. The second kappa shape index (κ2) is 4.74. The molecule has 0 radical (unpaired) electrons. The molecule has 0 aromatic heterocycles. The van der Waals surface area contributed by atoms with E-state index in [1.807, 2.05) is 0 Å². The first-order valence-electron chi connectivity index (χ1n) is 8.01. The van der Waals surface area contributed by atoms with Crippen LogP contribution in [-0.2, 0) is 12.0 Å². The molecule has 3 aliphatic heterocycles. The van der Waals surface area contributed by atoms with E-state index in [-0.39, 0.29) is 6.04 Å². The summed E-state index contributed by atoms with van der Waals surface area (Å²) in [6.07, 6.45) is 6.63. The van der Waals surface area contributed by atoms with Gasteiger partial charge in [0.25, 0.3) is 0 Å². The van der Waals surface area contributed by atoms with Crippen molar-refractivity contribution in [2.75, 3.05) is 19.7 Å². The molecule has 3 heterocycles. The van der Waals surface area contributed by atoms with Crippen LogP contribution in [0.2, 0.25) is 0 Å². The molecule has 4 rings (SSSR count). The van der Waals surface area contributed by atoms with Crippen LogP contribution in [0.1, 0.15) is 43.2 Å². The third-order valence-corrected chi connectivity index (χ3v) is 5.34. The van der Waals surface area contributed by atoms with E-state index < -0.39 is 5.60 Å². The summed E-state index contributed by atoms with van der Waals surface area (Å²) in [5.41, 5.74) is 1.61. The van der Waals surface area contributed by atoms with Crippen LogP contribution in [-0.4, -0.2) is 35.7 Å². The van der Waals surface area contributed by atoms with Crippen LogP contribution in [0.15, 0.2) is 18.2 Å². The number of benzene rings is 1.